The molecule has 0 aromatic heterocycles. The van der Waals surface area contributed by atoms with Gasteiger partial charge in [0.1, 0.15) is 0 Å². The van der Waals surface area contributed by atoms with Crippen molar-refractivity contribution in [2.75, 3.05) is 32.7 Å². The van der Waals surface area contributed by atoms with Gasteiger partial charge in [-0.05, 0) is 26.1 Å². The molecule has 0 fully saturated rings. The predicted octanol–water partition coefficient (Wildman–Crippen LogP) is 0.914. The highest BCUT2D eigenvalue weighted by atomic mass is 15.4. The molecule has 0 aliphatic heterocycles. The Morgan fingerprint density at radius 2 is 1.50 bits per heavy atom. The molecule has 0 aromatic carbocycles. The van der Waals surface area contributed by atoms with Crippen molar-refractivity contribution < 1.29 is 0 Å². The van der Waals surface area contributed by atoms with Crippen molar-refractivity contribution in [1.82, 2.24) is 9.91 Å². The molecule has 74 valence electrons. The lowest BCUT2D eigenvalue weighted by Crippen LogP contribution is -2.34. The van der Waals surface area contributed by atoms with Crippen LogP contribution in [0, 0.1) is 0 Å². The third-order valence-electron chi connectivity index (χ3n) is 2.22. The zero-order chi connectivity index (χ0) is 9.40. The summed E-state index contributed by atoms with van der Waals surface area (Å²) < 4.78 is 0. The van der Waals surface area contributed by atoms with Crippen LogP contribution < -0.4 is 5.84 Å². The molecule has 0 spiro atoms. The zero-order valence-corrected chi connectivity index (χ0v) is 8.71. The van der Waals surface area contributed by atoms with E-state index in [4.69, 9.17) is 5.84 Å². The van der Waals surface area contributed by atoms with Crippen LogP contribution in [0.1, 0.15) is 27.2 Å². The Hall–Kier alpha value is -0.120. The summed E-state index contributed by atoms with van der Waals surface area (Å²) in [5.74, 6) is 5.66. The van der Waals surface area contributed by atoms with Crippen LogP contribution in [0.15, 0.2) is 0 Å². The van der Waals surface area contributed by atoms with Crippen molar-refractivity contribution in [2.24, 2.45) is 5.84 Å². The summed E-state index contributed by atoms with van der Waals surface area (Å²) in [6, 6.07) is 0. The average molecular weight is 173 g/mol. The van der Waals surface area contributed by atoms with Crippen molar-refractivity contribution in [2.45, 2.75) is 27.2 Å². The lowest BCUT2D eigenvalue weighted by molar-refractivity contribution is 0.248. The SMILES string of the molecule is CCN(N)CCCN(CC)CC. The Bertz CT molecular complexity index is 91.8. The third-order valence-corrected chi connectivity index (χ3v) is 2.22. The minimum atomic E-state index is 0.943. The largest absolute Gasteiger partial charge is 0.304 e. The minimum Gasteiger partial charge on any atom is -0.304 e. The number of rotatable bonds is 7. The fraction of sp³-hybridized carbons (Fsp3) is 1.00. The minimum absolute atomic E-state index is 0.943. The molecular weight excluding hydrogens is 150 g/mol. The van der Waals surface area contributed by atoms with E-state index in [0.717, 1.165) is 26.2 Å². The van der Waals surface area contributed by atoms with Crippen molar-refractivity contribution in [3.8, 4) is 0 Å². The molecule has 3 nitrogen and oxygen atoms in total. The van der Waals surface area contributed by atoms with Gasteiger partial charge in [0.05, 0.1) is 0 Å². The van der Waals surface area contributed by atoms with Gasteiger partial charge in [-0.1, -0.05) is 20.8 Å². The molecule has 12 heavy (non-hydrogen) atoms. The summed E-state index contributed by atoms with van der Waals surface area (Å²) in [6.07, 6.45) is 1.17. The molecule has 0 amide bonds. The first-order chi connectivity index (χ1) is 5.74. The molecule has 0 rings (SSSR count). The van der Waals surface area contributed by atoms with Gasteiger partial charge in [0, 0.05) is 13.1 Å². The van der Waals surface area contributed by atoms with Gasteiger partial charge < -0.3 is 4.90 Å². The summed E-state index contributed by atoms with van der Waals surface area (Å²) in [5, 5.41) is 1.86. The lowest BCUT2D eigenvalue weighted by atomic mass is 10.3. The Morgan fingerprint density at radius 1 is 0.917 bits per heavy atom. The number of hydrazine groups is 1. The molecule has 3 heteroatoms. The summed E-state index contributed by atoms with van der Waals surface area (Å²) in [5.41, 5.74) is 0. The van der Waals surface area contributed by atoms with E-state index in [1.165, 1.54) is 13.0 Å². The topological polar surface area (TPSA) is 32.5 Å². The van der Waals surface area contributed by atoms with Crippen molar-refractivity contribution >= 4 is 0 Å². The average Bonchev–Trinajstić information content (AvgIpc) is 2.12. The van der Waals surface area contributed by atoms with Gasteiger partial charge in [-0.15, -0.1) is 0 Å². The molecule has 0 aromatic rings. The van der Waals surface area contributed by atoms with E-state index in [-0.39, 0.29) is 0 Å². The highest BCUT2D eigenvalue weighted by molar-refractivity contribution is 4.54. The van der Waals surface area contributed by atoms with Crippen LogP contribution in [0.2, 0.25) is 0 Å². The van der Waals surface area contributed by atoms with E-state index in [1.54, 1.807) is 0 Å². The second-order valence-electron chi connectivity index (χ2n) is 3.01. The van der Waals surface area contributed by atoms with Gasteiger partial charge in [0.25, 0.3) is 0 Å². The quantitative estimate of drug-likeness (QED) is 0.459. The monoisotopic (exact) mass is 173 g/mol. The molecule has 0 saturated heterocycles. The number of nitrogens with two attached hydrogens (primary N) is 1. The smallest absolute Gasteiger partial charge is 0.0140 e. The van der Waals surface area contributed by atoms with Gasteiger partial charge >= 0.3 is 0 Å². The Balaban J connectivity index is 3.28. The number of hydrogen-bond acceptors (Lipinski definition) is 3. The molecule has 0 bridgehead atoms. The first kappa shape index (κ1) is 11.9. The highest BCUT2D eigenvalue weighted by Crippen LogP contribution is 1.91. The van der Waals surface area contributed by atoms with Crippen LogP contribution in [-0.2, 0) is 0 Å². The van der Waals surface area contributed by atoms with Crippen molar-refractivity contribution in [3.63, 3.8) is 0 Å². The van der Waals surface area contributed by atoms with Crippen LogP contribution in [0.5, 0.6) is 0 Å². The first-order valence-corrected chi connectivity index (χ1v) is 4.96. The van der Waals surface area contributed by atoms with Crippen molar-refractivity contribution in [1.29, 1.82) is 0 Å². The standard InChI is InChI=1S/C9H23N3/c1-4-11(5-2)8-7-9-12(10)6-3/h4-10H2,1-3H3. The molecule has 0 atom stereocenters. The molecular formula is C9H23N3. The van der Waals surface area contributed by atoms with E-state index in [0.29, 0.717) is 0 Å². The van der Waals surface area contributed by atoms with Crippen molar-refractivity contribution in [3.05, 3.63) is 0 Å². The normalized spacial score (nSPS) is 11.5. The number of nitrogens with zero attached hydrogens (tertiary/aromatic N) is 2. The Kier molecular flexibility index (Phi) is 7.45. The van der Waals surface area contributed by atoms with Gasteiger partial charge in [0.15, 0.2) is 0 Å². The second-order valence-corrected chi connectivity index (χ2v) is 3.01. The Morgan fingerprint density at radius 3 is 1.92 bits per heavy atom. The van der Waals surface area contributed by atoms with Crippen LogP contribution in [0.25, 0.3) is 0 Å². The molecule has 0 unspecified atom stereocenters. The third kappa shape index (κ3) is 5.52. The fourth-order valence-electron chi connectivity index (χ4n) is 1.20. The first-order valence-electron chi connectivity index (χ1n) is 4.96. The van der Waals surface area contributed by atoms with Crippen LogP contribution in [0.4, 0.5) is 0 Å². The van der Waals surface area contributed by atoms with Crippen LogP contribution >= 0.6 is 0 Å². The maximum Gasteiger partial charge on any atom is 0.0140 e. The fourth-order valence-corrected chi connectivity index (χ4v) is 1.20. The van der Waals surface area contributed by atoms with Gasteiger partial charge in [-0.3, -0.25) is 5.84 Å². The zero-order valence-electron chi connectivity index (χ0n) is 8.71. The molecule has 0 saturated carbocycles. The van der Waals surface area contributed by atoms with E-state index in [2.05, 4.69) is 25.7 Å². The maximum absolute atomic E-state index is 5.66. The molecule has 0 heterocycles. The number of hydrogen-bond donors (Lipinski definition) is 1. The van der Waals surface area contributed by atoms with E-state index < -0.39 is 0 Å². The summed E-state index contributed by atoms with van der Waals surface area (Å²) in [7, 11) is 0. The van der Waals surface area contributed by atoms with Gasteiger partial charge in [0.2, 0.25) is 0 Å². The van der Waals surface area contributed by atoms with Crippen LogP contribution in [0.3, 0.4) is 0 Å². The second kappa shape index (κ2) is 7.53. The van der Waals surface area contributed by atoms with E-state index >= 15 is 0 Å². The maximum atomic E-state index is 5.66. The van der Waals surface area contributed by atoms with E-state index in [1.807, 2.05) is 5.01 Å². The summed E-state index contributed by atoms with van der Waals surface area (Å²) in [4.78, 5) is 2.42. The lowest BCUT2D eigenvalue weighted by Gasteiger charge is -2.19. The highest BCUT2D eigenvalue weighted by Gasteiger charge is 1.99. The van der Waals surface area contributed by atoms with Gasteiger partial charge in [-0.2, -0.15) is 0 Å². The molecule has 0 radical (unpaired) electrons. The molecule has 0 aliphatic rings. The predicted molar refractivity (Wildman–Crippen MR) is 53.8 cm³/mol. The van der Waals surface area contributed by atoms with E-state index in [9.17, 15) is 0 Å². The Labute approximate surface area is 76.5 Å². The molecule has 2 N–H and O–H groups in total. The summed E-state index contributed by atoms with van der Waals surface area (Å²) >= 11 is 0. The molecule has 0 aliphatic carbocycles. The van der Waals surface area contributed by atoms with Crippen LogP contribution in [-0.4, -0.2) is 42.6 Å². The van der Waals surface area contributed by atoms with Gasteiger partial charge in [-0.25, -0.2) is 5.01 Å². The summed E-state index contributed by atoms with van der Waals surface area (Å²) in [6.45, 7) is 11.9.